The van der Waals surface area contributed by atoms with Crippen molar-refractivity contribution in [2.24, 2.45) is 0 Å². The Balaban J connectivity index is 1.60. The molecule has 0 aliphatic carbocycles. The van der Waals surface area contributed by atoms with Crippen molar-refractivity contribution in [3.63, 3.8) is 0 Å². The van der Waals surface area contributed by atoms with Crippen LogP contribution >= 0.6 is 11.6 Å². The van der Waals surface area contributed by atoms with Crippen molar-refractivity contribution in [1.29, 1.82) is 0 Å². The summed E-state index contributed by atoms with van der Waals surface area (Å²) in [6.45, 7) is 2.17. The molecule has 1 aromatic heterocycles. The molecule has 22 heavy (non-hydrogen) atoms. The number of carbonyl (C=O) groups excluding carboxylic acids is 2. The van der Waals surface area contributed by atoms with Gasteiger partial charge in [0.15, 0.2) is 0 Å². The molecule has 1 saturated heterocycles. The second-order valence-electron chi connectivity index (χ2n) is 5.19. The Morgan fingerprint density at radius 1 is 0.864 bits per heavy atom. The van der Waals surface area contributed by atoms with Gasteiger partial charge in [0.2, 0.25) is 0 Å². The largest absolute Gasteiger partial charge is 0.367 e. The lowest BCUT2D eigenvalue weighted by Gasteiger charge is -2.34. The maximum Gasteiger partial charge on any atom is 0.255 e. The Labute approximate surface area is 133 Å². The highest BCUT2D eigenvalue weighted by Gasteiger charge is 2.25. The van der Waals surface area contributed by atoms with E-state index in [1.165, 1.54) is 0 Å². The minimum Gasteiger partial charge on any atom is -0.367 e. The highest BCUT2D eigenvalue weighted by molar-refractivity contribution is 6.30. The molecule has 1 N–H and O–H groups in total. The van der Waals surface area contributed by atoms with Crippen molar-refractivity contribution in [3.8, 4) is 0 Å². The first-order valence-corrected chi connectivity index (χ1v) is 7.50. The normalized spacial score (nSPS) is 15.0. The van der Waals surface area contributed by atoms with E-state index in [1.54, 1.807) is 52.5 Å². The lowest BCUT2D eigenvalue weighted by molar-refractivity contribution is 0.0535. The third-order valence-electron chi connectivity index (χ3n) is 3.79. The van der Waals surface area contributed by atoms with Crippen molar-refractivity contribution >= 4 is 23.4 Å². The van der Waals surface area contributed by atoms with Gasteiger partial charge in [-0.05, 0) is 30.3 Å². The van der Waals surface area contributed by atoms with Crippen LogP contribution in [0.5, 0.6) is 0 Å². The van der Waals surface area contributed by atoms with Crippen LogP contribution in [0.2, 0.25) is 5.02 Å². The van der Waals surface area contributed by atoms with Crippen LogP contribution in [0.25, 0.3) is 0 Å². The number of H-pyrrole nitrogens is 1. The summed E-state index contributed by atoms with van der Waals surface area (Å²) in [5.74, 6) is -0.0229. The van der Waals surface area contributed by atoms with E-state index in [-0.39, 0.29) is 11.8 Å². The molecule has 5 nitrogen and oxygen atoms in total. The molecule has 1 aromatic carbocycles. The van der Waals surface area contributed by atoms with Gasteiger partial charge in [-0.15, -0.1) is 0 Å². The number of hydrogen-bond donors (Lipinski definition) is 1. The van der Waals surface area contributed by atoms with E-state index in [1.807, 2.05) is 0 Å². The van der Waals surface area contributed by atoms with Gasteiger partial charge < -0.3 is 14.8 Å². The van der Waals surface area contributed by atoms with Crippen molar-refractivity contribution in [2.45, 2.75) is 0 Å². The number of halogens is 1. The van der Waals surface area contributed by atoms with Gasteiger partial charge in [-0.2, -0.15) is 0 Å². The summed E-state index contributed by atoms with van der Waals surface area (Å²) in [6, 6.07) is 8.62. The van der Waals surface area contributed by atoms with E-state index < -0.39 is 0 Å². The molecule has 1 aliphatic heterocycles. The summed E-state index contributed by atoms with van der Waals surface area (Å²) < 4.78 is 0. The van der Waals surface area contributed by atoms with E-state index in [2.05, 4.69) is 4.98 Å². The molecular weight excluding hydrogens is 302 g/mol. The zero-order valence-corrected chi connectivity index (χ0v) is 12.7. The molecule has 0 spiro atoms. The second kappa shape index (κ2) is 6.23. The smallest absolute Gasteiger partial charge is 0.255 e. The number of nitrogens with zero attached hydrogens (tertiary/aromatic N) is 2. The minimum atomic E-state index is -0.0228. The summed E-state index contributed by atoms with van der Waals surface area (Å²) in [5.41, 5.74) is 1.27. The Morgan fingerprint density at radius 3 is 1.91 bits per heavy atom. The standard InChI is InChI=1S/C16H16ClN3O2/c17-14-3-1-12(2-4-14)15(21)19-7-9-20(10-8-19)16(22)13-5-6-18-11-13/h1-6,11,18H,7-10H2. The van der Waals surface area contributed by atoms with Crippen molar-refractivity contribution in [1.82, 2.24) is 14.8 Å². The van der Waals surface area contributed by atoms with Gasteiger partial charge in [0.1, 0.15) is 0 Å². The first-order chi connectivity index (χ1) is 10.6. The molecule has 1 fully saturated rings. The van der Waals surface area contributed by atoms with Crippen LogP contribution in [0.4, 0.5) is 0 Å². The van der Waals surface area contributed by atoms with E-state index in [0.717, 1.165) is 0 Å². The summed E-state index contributed by atoms with van der Waals surface area (Å²) >= 11 is 5.83. The zero-order chi connectivity index (χ0) is 15.5. The minimum absolute atomic E-state index is 0.000146. The topological polar surface area (TPSA) is 56.4 Å². The van der Waals surface area contributed by atoms with Crippen LogP contribution < -0.4 is 0 Å². The number of piperazine rings is 1. The van der Waals surface area contributed by atoms with Crippen molar-refractivity contribution < 1.29 is 9.59 Å². The maximum atomic E-state index is 12.4. The summed E-state index contributed by atoms with van der Waals surface area (Å²) in [4.78, 5) is 31.0. The lowest BCUT2D eigenvalue weighted by atomic mass is 10.1. The molecule has 0 radical (unpaired) electrons. The molecule has 0 unspecified atom stereocenters. The van der Waals surface area contributed by atoms with Crippen molar-refractivity contribution in [3.05, 3.63) is 58.9 Å². The third kappa shape index (κ3) is 2.99. The number of nitrogens with one attached hydrogen (secondary N) is 1. The number of aromatic nitrogens is 1. The monoisotopic (exact) mass is 317 g/mol. The number of rotatable bonds is 2. The van der Waals surface area contributed by atoms with Crippen LogP contribution in [-0.2, 0) is 0 Å². The molecule has 0 atom stereocenters. The maximum absolute atomic E-state index is 12.4. The Kier molecular flexibility index (Phi) is 4.15. The van der Waals surface area contributed by atoms with E-state index >= 15 is 0 Å². The number of amides is 2. The molecule has 6 heteroatoms. The average Bonchev–Trinajstić information content (AvgIpc) is 3.09. The van der Waals surface area contributed by atoms with Crippen LogP contribution in [0, 0.1) is 0 Å². The molecule has 2 amide bonds. The van der Waals surface area contributed by atoms with Gasteiger partial charge in [-0.25, -0.2) is 0 Å². The number of carbonyl (C=O) groups is 2. The van der Waals surface area contributed by atoms with E-state index in [4.69, 9.17) is 11.6 Å². The fraction of sp³-hybridized carbons (Fsp3) is 0.250. The van der Waals surface area contributed by atoms with E-state index in [9.17, 15) is 9.59 Å². The molecule has 3 rings (SSSR count). The highest BCUT2D eigenvalue weighted by Crippen LogP contribution is 2.14. The number of hydrogen-bond acceptors (Lipinski definition) is 2. The van der Waals surface area contributed by atoms with Crippen LogP contribution in [0.1, 0.15) is 20.7 Å². The van der Waals surface area contributed by atoms with Crippen LogP contribution in [0.15, 0.2) is 42.7 Å². The second-order valence-corrected chi connectivity index (χ2v) is 5.63. The van der Waals surface area contributed by atoms with Gasteiger partial charge in [-0.1, -0.05) is 11.6 Å². The average molecular weight is 318 g/mol. The van der Waals surface area contributed by atoms with Crippen LogP contribution in [0.3, 0.4) is 0 Å². The van der Waals surface area contributed by atoms with Crippen LogP contribution in [-0.4, -0.2) is 52.8 Å². The first-order valence-electron chi connectivity index (χ1n) is 7.12. The van der Waals surface area contributed by atoms with Gasteiger partial charge >= 0.3 is 0 Å². The van der Waals surface area contributed by atoms with Gasteiger partial charge in [0, 0.05) is 49.2 Å². The highest BCUT2D eigenvalue weighted by atomic mass is 35.5. The fourth-order valence-corrected chi connectivity index (χ4v) is 2.65. The number of benzene rings is 1. The molecule has 2 heterocycles. The zero-order valence-electron chi connectivity index (χ0n) is 12.0. The Hall–Kier alpha value is -2.27. The first kappa shape index (κ1) is 14.7. The fourth-order valence-electron chi connectivity index (χ4n) is 2.53. The SMILES string of the molecule is O=C(c1ccc(Cl)cc1)N1CCN(C(=O)c2cc[nH]c2)CC1. The predicted molar refractivity (Wildman–Crippen MR) is 84.1 cm³/mol. The molecule has 1 aliphatic rings. The predicted octanol–water partition coefficient (Wildman–Crippen LogP) is 2.27. The summed E-state index contributed by atoms with van der Waals surface area (Å²) in [5, 5.41) is 0.610. The Morgan fingerprint density at radius 2 is 1.41 bits per heavy atom. The molecule has 2 aromatic rings. The number of aromatic amines is 1. The quantitative estimate of drug-likeness (QED) is 0.923. The summed E-state index contributed by atoms with van der Waals surface area (Å²) in [7, 11) is 0. The molecule has 0 bridgehead atoms. The van der Waals surface area contributed by atoms with E-state index in [0.29, 0.717) is 42.3 Å². The van der Waals surface area contributed by atoms with Gasteiger partial charge in [0.25, 0.3) is 11.8 Å². The third-order valence-corrected chi connectivity index (χ3v) is 4.04. The van der Waals surface area contributed by atoms with Crippen molar-refractivity contribution in [2.75, 3.05) is 26.2 Å². The Bertz CT molecular complexity index is 659. The van der Waals surface area contributed by atoms with Gasteiger partial charge in [0.05, 0.1) is 5.56 Å². The van der Waals surface area contributed by atoms with Gasteiger partial charge in [-0.3, -0.25) is 9.59 Å². The molecular formula is C16H16ClN3O2. The molecule has 0 saturated carbocycles. The lowest BCUT2D eigenvalue weighted by Crippen LogP contribution is -2.50. The summed E-state index contributed by atoms with van der Waals surface area (Å²) in [6.07, 6.45) is 3.42. The molecule has 114 valence electrons.